The summed E-state index contributed by atoms with van der Waals surface area (Å²) < 4.78 is 19.6. The summed E-state index contributed by atoms with van der Waals surface area (Å²) in [5.41, 5.74) is 6.34. The van der Waals surface area contributed by atoms with E-state index in [1.165, 1.54) is 23.9 Å². The van der Waals surface area contributed by atoms with Gasteiger partial charge in [0, 0.05) is 13.1 Å². The van der Waals surface area contributed by atoms with Crippen LogP contribution in [0.25, 0.3) is 0 Å². The van der Waals surface area contributed by atoms with Crippen LogP contribution in [0.4, 0.5) is 21.7 Å². The monoisotopic (exact) mass is 238 g/mol. The predicted molar refractivity (Wildman–Crippen MR) is 59.4 cm³/mol. The minimum Gasteiger partial charge on any atom is -0.494 e. The third kappa shape index (κ3) is 2.10. The highest BCUT2D eigenvalue weighted by Crippen LogP contribution is 2.33. The Balaban J connectivity index is 2.42. The van der Waals surface area contributed by atoms with Crippen molar-refractivity contribution in [1.29, 1.82) is 0 Å². The van der Waals surface area contributed by atoms with Crippen LogP contribution in [-0.2, 0) is 7.05 Å². The molecule has 0 aliphatic heterocycles. The predicted octanol–water partition coefficient (Wildman–Crippen LogP) is 0.684. The van der Waals surface area contributed by atoms with Gasteiger partial charge in [-0.1, -0.05) is 5.10 Å². The number of aromatic nitrogens is 4. The molecule has 2 aromatic rings. The molecule has 0 aliphatic carbocycles. The van der Waals surface area contributed by atoms with Gasteiger partial charge in [0.25, 0.3) is 0 Å². The number of aryl methyl sites for hydroxylation is 1. The molecule has 0 atom stereocenters. The van der Waals surface area contributed by atoms with Crippen LogP contribution in [0.2, 0.25) is 0 Å². The first-order valence-electron chi connectivity index (χ1n) is 4.74. The molecule has 3 N–H and O–H groups in total. The Hall–Kier alpha value is -2.38. The number of rotatable bonds is 3. The molecule has 1 aromatic heterocycles. The maximum Gasteiger partial charge on any atom is 0.247 e. The lowest BCUT2D eigenvalue weighted by Gasteiger charge is -2.12. The summed E-state index contributed by atoms with van der Waals surface area (Å²) >= 11 is 0. The zero-order valence-corrected chi connectivity index (χ0v) is 9.31. The van der Waals surface area contributed by atoms with Crippen molar-refractivity contribution in [2.45, 2.75) is 0 Å². The van der Waals surface area contributed by atoms with E-state index < -0.39 is 5.82 Å². The topological polar surface area (TPSA) is 90.9 Å². The third-order valence-corrected chi connectivity index (χ3v) is 2.17. The van der Waals surface area contributed by atoms with Crippen LogP contribution in [0, 0.1) is 5.82 Å². The average Bonchev–Trinajstić information content (AvgIpc) is 2.68. The lowest BCUT2D eigenvalue weighted by molar-refractivity contribution is 0.413. The third-order valence-electron chi connectivity index (χ3n) is 2.17. The highest BCUT2D eigenvalue weighted by atomic mass is 19.1. The molecule has 0 radical (unpaired) electrons. The van der Waals surface area contributed by atoms with Gasteiger partial charge in [0.15, 0.2) is 0 Å². The molecule has 0 amide bonds. The van der Waals surface area contributed by atoms with E-state index in [0.717, 1.165) is 0 Å². The largest absolute Gasteiger partial charge is 0.494 e. The van der Waals surface area contributed by atoms with Gasteiger partial charge in [-0.2, -0.15) is 0 Å². The number of tetrazole rings is 1. The number of hydrogen-bond donors (Lipinski definition) is 2. The Bertz CT molecular complexity index is 540. The average molecular weight is 238 g/mol. The van der Waals surface area contributed by atoms with Gasteiger partial charge in [-0.3, -0.25) is 0 Å². The van der Waals surface area contributed by atoms with Crippen molar-refractivity contribution >= 4 is 17.3 Å². The second-order valence-corrected chi connectivity index (χ2v) is 3.32. The van der Waals surface area contributed by atoms with Crippen molar-refractivity contribution in [2.24, 2.45) is 7.05 Å². The van der Waals surface area contributed by atoms with Crippen LogP contribution in [0.15, 0.2) is 12.1 Å². The van der Waals surface area contributed by atoms with Gasteiger partial charge >= 0.3 is 0 Å². The molecule has 0 bridgehead atoms. The molecule has 90 valence electrons. The van der Waals surface area contributed by atoms with Crippen LogP contribution in [0.3, 0.4) is 0 Å². The molecule has 7 nitrogen and oxygen atoms in total. The number of methoxy groups -OCH3 is 1. The lowest BCUT2D eigenvalue weighted by Crippen LogP contribution is -2.05. The molecule has 0 aliphatic rings. The van der Waals surface area contributed by atoms with Gasteiger partial charge in [0.2, 0.25) is 5.95 Å². The van der Waals surface area contributed by atoms with E-state index in [0.29, 0.717) is 11.6 Å². The Kier molecular flexibility index (Phi) is 2.77. The number of nitrogen functional groups attached to an aromatic ring is 1. The van der Waals surface area contributed by atoms with E-state index in [2.05, 4.69) is 20.8 Å². The summed E-state index contributed by atoms with van der Waals surface area (Å²) in [6.45, 7) is 0. The van der Waals surface area contributed by atoms with Crippen molar-refractivity contribution in [3.63, 3.8) is 0 Å². The highest BCUT2D eigenvalue weighted by Gasteiger charge is 2.12. The normalized spacial score (nSPS) is 10.3. The van der Waals surface area contributed by atoms with Gasteiger partial charge in [-0.15, -0.1) is 0 Å². The van der Waals surface area contributed by atoms with Gasteiger partial charge < -0.3 is 15.8 Å². The van der Waals surface area contributed by atoms with E-state index in [1.54, 1.807) is 7.05 Å². The smallest absolute Gasteiger partial charge is 0.247 e. The van der Waals surface area contributed by atoms with Crippen molar-refractivity contribution in [3.8, 4) is 5.75 Å². The van der Waals surface area contributed by atoms with Gasteiger partial charge in [0.05, 0.1) is 12.8 Å². The summed E-state index contributed by atoms with van der Waals surface area (Å²) in [6.07, 6.45) is 0. The summed E-state index contributed by atoms with van der Waals surface area (Å²) in [6, 6.07) is 2.41. The van der Waals surface area contributed by atoms with Crippen molar-refractivity contribution < 1.29 is 9.13 Å². The summed E-state index contributed by atoms with van der Waals surface area (Å²) in [5.74, 6) is 0.188. The maximum atomic E-state index is 13.1. The molecule has 1 heterocycles. The summed E-state index contributed by atoms with van der Waals surface area (Å²) in [7, 11) is 3.09. The van der Waals surface area contributed by atoms with Crippen LogP contribution in [0.1, 0.15) is 0 Å². The van der Waals surface area contributed by atoms with E-state index in [-0.39, 0.29) is 11.4 Å². The second-order valence-electron chi connectivity index (χ2n) is 3.32. The molecule has 8 heteroatoms. The Labute approximate surface area is 96.4 Å². The minimum absolute atomic E-state index is 0.213. The van der Waals surface area contributed by atoms with Gasteiger partial charge in [0.1, 0.15) is 17.3 Å². The quantitative estimate of drug-likeness (QED) is 0.764. The zero-order valence-electron chi connectivity index (χ0n) is 9.31. The standard InChI is InChI=1S/C9H11FN6O/c1-16-9(13-14-15-16)12-8-6(11)3-5(10)4-7(8)17-2/h3-4H,11H2,1-2H3,(H,12,13,15). The van der Waals surface area contributed by atoms with Gasteiger partial charge in [-0.25, -0.2) is 9.07 Å². The molecule has 0 saturated heterocycles. The maximum absolute atomic E-state index is 13.1. The van der Waals surface area contributed by atoms with Crippen LogP contribution < -0.4 is 15.8 Å². The summed E-state index contributed by atoms with van der Waals surface area (Å²) in [5, 5.41) is 13.7. The van der Waals surface area contributed by atoms with Crippen LogP contribution in [-0.4, -0.2) is 27.3 Å². The fraction of sp³-hybridized carbons (Fsp3) is 0.222. The fourth-order valence-electron chi connectivity index (χ4n) is 1.34. The number of nitrogens with two attached hydrogens (primary N) is 1. The number of halogens is 1. The summed E-state index contributed by atoms with van der Waals surface area (Å²) in [4.78, 5) is 0. The number of ether oxygens (including phenoxy) is 1. The van der Waals surface area contributed by atoms with E-state index in [9.17, 15) is 4.39 Å². The van der Waals surface area contributed by atoms with E-state index >= 15 is 0 Å². The molecule has 0 saturated carbocycles. The van der Waals surface area contributed by atoms with Crippen molar-refractivity contribution in [2.75, 3.05) is 18.2 Å². The molecular formula is C9H11FN6O. The highest BCUT2D eigenvalue weighted by molar-refractivity contribution is 5.76. The van der Waals surface area contributed by atoms with E-state index in [1.807, 2.05) is 0 Å². The number of anilines is 3. The molecule has 0 fully saturated rings. The molecular weight excluding hydrogens is 227 g/mol. The van der Waals surface area contributed by atoms with Crippen molar-refractivity contribution in [3.05, 3.63) is 17.9 Å². The zero-order chi connectivity index (χ0) is 12.4. The molecule has 17 heavy (non-hydrogen) atoms. The first kappa shape index (κ1) is 11.1. The molecule has 2 rings (SSSR count). The van der Waals surface area contributed by atoms with Crippen LogP contribution in [0.5, 0.6) is 5.75 Å². The van der Waals surface area contributed by atoms with Gasteiger partial charge in [-0.05, 0) is 16.5 Å². The number of nitrogens with zero attached hydrogens (tertiary/aromatic N) is 4. The minimum atomic E-state index is -0.471. The Morgan fingerprint density at radius 1 is 1.47 bits per heavy atom. The first-order valence-corrected chi connectivity index (χ1v) is 4.74. The van der Waals surface area contributed by atoms with E-state index in [4.69, 9.17) is 10.5 Å². The number of hydrogen-bond acceptors (Lipinski definition) is 6. The lowest BCUT2D eigenvalue weighted by atomic mass is 10.2. The van der Waals surface area contributed by atoms with Crippen molar-refractivity contribution in [1.82, 2.24) is 20.2 Å². The second kappa shape index (κ2) is 4.24. The molecule has 0 unspecified atom stereocenters. The Morgan fingerprint density at radius 3 is 2.82 bits per heavy atom. The fourth-order valence-corrected chi connectivity index (χ4v) is 1.34. The molecule has 1 aromatic carbocycles. The first-order chi connectivity index (χ1) is 8.11. The molecule has 0 spiro atoms. The van der Waals surface area contributed by atoms with Crippen LogP contribution >= 0.6 is 0 Å². The Morgan fingerprint density at radius 2 is 2.24 bits per heavy atom. The number of benzene rings is 1. The SMILES string of the molecule is COc1cc(F)cc(N)c1Nc1nnnn1C. The number of nitrogens with one attached hydrogen (secondary N) is 1.